The number of benzene rings is 1. The van der Waals surface area contributed by atoms with Gasteiger partial charge in [-0.2, -0.15) is 4.90 Å². The van der Waals surface area contributed by atoms with Gasteiger partial charge in [0.25, 0.3) is 0 Å². The lowest BCUT2D eigenvalue weighted by Gasteiger charge is -2.27. The third-order valence-corrected chi connectivity index (χ3v) is 3.35. The van der Waals surface area contributed by atoms with Crippen LogP contribution in [-0.4, -0.2) is 39.9 Å². The van der Waals surface area contributed by atoms with E-state index in [4.69, 9.17) is 9.47 Å². The van der Waals surface area contributed by atoms with Gasteiger partial charge in [0.15, 0.2) is 5.82 Å². The maximum Gasteiger partial charge on any atom is 0.425 e. The van der Waals surface area contributed by atoms with Gasteiger partial charge in [-0.25, -0.2) is 9.59 Å². The number of amides is 2. The first-order valence-corrected chi connectivity index (χ1v) is 9.05. The van der Waals surface area contributed by atoms with Crippen molar-refractivity contribution in [2.24, 2.45) is 0 Å². The number of aromatic nitrogens is 2. The Bertz CT molecular complexity index is 868. The number of ether oxygens (including phenoxy) is 2. The van der Waals surface area contributed by atoms with Gasteiger partial charge in [-0.05, 0) is 59.7 Å². The van der Waals surface area contributed by atoms with E-state index in [-0.39, 0.29) is 5.82 Å². The van der Waals surface area contributed by atoms with E-state index in [9.17, 15) is 14.4 Å². The molecule has 0 N–H and O–H groups in total. The second kappa shape index (κ2) is 8.38. The SMILES string of the molecule is CC(C)(C)OC(=O)N(C(=O)OC(C)(C)C)c1ccc(-c2cccc(C=O)c2)nn1. The van der Waals surface area contributed by atoms with Crippen LogP contribution >= 0.6 is 0 Å². The van der Waals surface area contributed by atoms with Gasteiger partial charge in [0, 0.05) is 11.1 Å². The highest BCUT2D eigenvalue weighted by molar-refractivity contribution is 6.08. The molecule has 0 aliphatic rings. The highest BCUT2D eigenvalue weighted by Crippen LogP contribution is 2.22. The number of hydrogen-bond donors (Lipinski definition) is 0. The zero-order valence-electron chi connectivity index (χ0n) is 17.4. The molecule has 0 fully saturated rings. The molecule has 29 heavy (non-hydrogen) atoms. The van der Waals surface area contributed by atoms with Crippen LogP contribution in [0.25, 0.3) is 11.3 Å². The van der Waals surface area contributed by atoms with Gasteiger partial charge in [0.1, 0.15) is 17.5 Å². The molecule has 1 aromatic carbocycles. The molecule has 0 aliphatic carbocycles. The van der Waals surface area contributed by atoms with E-state index in [1.807, 2.05) is 0 Å². The number of carbonyl (C=O) groups is 3. The Morgan fingerprint density at radius 1 is 0.897 bits per heavy atom. The van der Waals surface area contributed by atoms with Crippen LogP contribution in [-0.2, 0) is 9.47 Å². The minimum atomic E-state index is -0.920. The highest BCUT2D eigenvalue weighted by Gasteiger charge is 2.33. The molecule has 1 aromatic heterocycles. The minimum Gasteiger partial charge on any atom is -0.443 e. The Morgan fingerprint density at radius 3 is 1.93 bits per heavy atom. The summed E-state index contributed by atoms with van der Waals surface area (Å²) in [5.41, 5.74) is 0.0120. The summed E-state index contributed by atoms with van der Waals surface area (Å²) in [6.07, 6.45) is -1.11. The first-order valence-electron chi connectivity index (χ1n) is 9.05. The Labute approximate surface area is 169 Å². The third-order valence-electron chi connectivity index (χ3n) is 3.35. The van der Waals surface area contributed by atoms with E-state index in [0.717, 1.165) is 6.29 Å². The second-order valence-corrected chi connectivity index (χ2v) is 8.32. The van der Waals surface area contributed by atoms with Crippen LogP contribution in [0.5, 0.6) is 0 Å². The summed E-state index contributed by atoms with van der Waals surface area (Å²) in [4.78, 5) is 36.9. The van der Waals surface area contributed by atoms with Gasteiger partial charge in [0.2, 0.25) is 0 Å². The molecular formula is C21H25N3O5. The van der Waals surface area contributed by atoms with Gasteiger partial charge < -0.3 is 9.47 Å². The van der Waals surface area contributed by atoms with E-state index in [1.54, 1.807) is 71.9 Å². The van der Waals surface area contributed by atoms with Gasteiger partial charge in [-0.15, -0.1) is 10.2 Å². The fraction of sp³-hybridized carbons (Fsp3) is 0.381. The Morgan fingerprint density at radius 2 is 1.48 bits per heavy atom. The third kappa shape index (κ3) is 6.38. The maximum absolute atomic E-state index is 12.6. The first kappa shape index (κ1) is 22.0. The second-order valence-electron chi connectivity index (χ2n) is 8.32. The Balaban J connectivity index is 2.38. The Hall–Kier alpha value is -3.29. The van der Waals surface area contributed by atoms with Crippen molar-refractivity contribution in [1.29, 1.82) is 0 Å². The molecule has 2 amide bonds. The monoisotopic (exact) mass is 399 g/mol. The fourth-order valence-corrected chi connectivity index (χ4v) is 2.25. The van der Waals surface area contributed by atoms with Crippen molar-refractivity contribution in [2.75, 3.05) is 4.90 Å². The molecule has 0 saturated heterocycles. The van der Waals surface area contributed by atoms with E-state index in [2.05, 4.69) is 10.2 Å². The summed E-state index contributed by atoms with van der Waals surface area (Å²) in [6, 6.07) is 9.89. The molecule has 8 nitrogen and oxygen atoms in total. The van der Waals surface area contributed by atoms with Crippen LogP contribution in [0.4, 0.5) is 15.4 Å². The van der Waals surface area contributed by atoms with E-state index >= 15 is 0 Å². The largest absolute Gasteiger partial charge is 0.443 e. The van der Waals surface area contributed by atoms with E-state index < -0.39 is 23.4 Å². The van der Waals surface area contributed by atoms with E-state index in [1.165, 1.54) is 6.07 Å². The van der Waals surface area contributed by atoms with Crippen LogP contribution in [0.2, 0.25) is 0 Å². The average Bonchev–Trinajstić information content (AvgIpc) is 2.59. The lowest BCUT2D eigenvalue weighted by atomic mass is 10.1. The van der Waals surface area contributed by atoms with E-state index in [0.29, 0.717) is 21.7 Å². The van der Waals surface area contributed by atoms with Crippen LogP contribution in [0.1, 0.15) is 51.9 Å². The molecule has 0 aliphatic heterocycles. The normalized spacial score (nSPS) is 11.5. The van der Waals surface area contributed by atoms with Crippen molar-refractivity contribution in [3.05, 3.63) is 42.0 Å². The predicted molar refractivity (Wildman–Crippen MR) is 108 cm³/mol. The molecule has 0 saturated carbocycles. The molecule has 1 heterocycles. The fourth-order valence-electron chi connectivity index (χ4n) is 2.25. The lowest BCUT2D eigenvalue weighted by molar-refractivity contribution is 0.0428. The summed E-state index contributed by atoms with van der Waals surface area (Å²) in [5, 5.41) is 8.08. The summed E-state index contributed by atoms with van der Waals surface area (Å²) >= 11 is 0. The van der Waals surface area contributed by atoms with Crippen molar-refractivity contribution in [3.8, 4) is 11.3 Å². The van der Waals surface area contributed by atoms with Crippen LogP contribution in [0, 0.1) is 0 Å². The number of carbonyl (C=O) groups excluding carboxylic acids is 3. The quantitative estimate of drug-likeness (QED) is 0.694. The number of rotatable bonds is 3. The number of anilines is 1. The summed E-state index contributed by atoms with van der Waals surface area (Å²) in [7, 11) is 0. The molecule has 0 unspecified atom stereocenters. The number of imide groups is 1. The van der Waals surface area contributed by atoms with Crippen LogP contribution < -0.4 is 4.90 Å². The molecule has 0 bridgehead atoms. The highest BCUT2D eigenvalue weighted by atomic mass is 16.6. The first-order chi connectivity index (χ1) is 13.4. The van der Waals surface area contributed by atoms with Gasteiger partial charge in [-0.1, -0.05) is 18.2 Å². The summed E-state index contributed by atoms with van der Waals surface area (Å²) in [6.45, 7) is 10.1. The number of nitrogens with zero attached hydrogens (tertiary/aromatic N) is 3. The molecule has 0 atom stereocenters. The molecule has 2 aromatic rings. The smallest absolute Gasteiger partial charge is 0.425 e. The van der Waals surface area contributed by atoms with Crippen molar-refractivity contribution >= 4 is 24.3 Å². The predicted octanol–water partition coefficient (Wildman–Crippen LogP) is 4.63. The van der Waals surface area contributed by atoms with Gasteiger partial charge >= 0.3 is 12.2 Å². The van der Waals surface area contributed by atoms with Crippen LogP contribution in [0.3, 0.4) is 0 Å². The molecular weight excluding hydrogens is 374 g/mol. The summed E-state index contributed by atoms with van der Waals surface area (Å²) < 4.78 is 10.6. The summed E-state index contributed by atoms with van der Waals surface area (Å²) in [5.74, 6) is -0.0382. The van der Waals surface area contributed by atoms with Crippen molar-refractivity contribution < 1.29 is 23.9 Å². The maximum atomic E-state index is 12.6. The Kier molecular flexibility index (Phi) is 6.36. The van der Waals surface area contributed by atoms with Crippen molar-refractivity contribution in [2.45, 2.75) is 52.7 Å². The van der Waals surface area contributed by atoms with Crippen molar-refractivity contribution in [3.63, 3.8) is 0 Å². The minimum absolute atomic E-state index is 0.0382. The molecule has 2 rings (SSSR count). The topological polar surface area (TPSA) is 98.7 Å². The van der Waals surface area contributed by atoms with Crippen molar-refractivity contribution in [1.82, 2.24) is 10.2 Å². The zero-order valence-corrected chi connectivity index (χ0v) is 17.4. The lowest BCUT2D eigenvalue weighted by Crippen LogP contribution is -2.44. The molecule has 0 radical (unpaired) electrons. The molecule has 0 spiro atoms. The zero-order chi connectivity index (χ0) is 21.8. The molecule has 8 heteroatoms. The number of hydrogen-bond acceptors (Lipinski definition) is 7. The number of aldehydes is 1. The molecule has 154 valence electrons. The van der Waals surface area contributed by atoms with Gasteiger partial charge in [0.05, 0.1) is 5.69 Å². The average molecular weight is 399 g/mol. The standard InChI is InChI=1S/C21H25N3O5/c1-20(2,3)28-18(26)24(19(27)29-21(4,5)6)17-11-10-16(22-23-17)15-9-7-8-14(12-15)13-25/h7-13H,1-6H3. The van der Waals surface area contributed by atoms with Gasteiger partial charge in [-0.3, -0.25) is 4.79 Å². The van der Waals surface area contributed by atoms with Crippen LogP contribution in [0.15, 0.2) is 36.4 Å².